The summed E-state index contributed by atoms with van der Waals surface area (Å²) in [5, 5.41) is 18.3. The molecule has 0 radical (unpaired) electrons. The highest BCUT2D eigenvalue weighted by Crippen LogP contribution is 2.33. The summed E-state index contributed by atoms with van der Waals surface area (Å²) >= 11 is 1.33. The minimum Gasteiger partial charge on any atom is -0.467 e. The molecule has 0 saturated heterocycles. The van der Waals surface area contributed by atoms with Crippen molar-refractivity contribution in [1.82, 2.24) is 19.7 Å². The molecule has 25 heavy (non-hydrogen) atoms. The highest BCUT2D eigenvalue weighted by molar-refractivity contribution is 7.99. The Kier molecular flexibility index (Phi) is 5.43. The Balaban J connectivity index is 1.61. The van der Waals surface area contributed by atoms with Crippen LogP contribution >= 0.6 is 11.8 Å². The van der Waals surface area contributed by atoms with Crippen molar-refractivity contribution in [3.8, 4) is 6.07 Å². The Labute approximate surface area is 151 Å². The average molecular weight is 359 g/mol. The van der Waals surface area contributed by atoms with E-state index in [1.54, 1.807) is 24.5 Å². The van der Waals surface area contributed by atoms with Crippen LogP contribution in [0.5, 0.6) is 0 Å². The van der Waals surface area contributed by atoms with Crippen LogP contribution in [0.1, 0.15) is 37.9 Å². The Morgan fingerprint density at radius 3 is 2.96 bits per heavy atom. The van der Waals surface area contributed by atoms with Gasteiger partial charge in [0.25, 0.3) is 0 Å². The van der Waals surface area contributed by atoms with Crippen LogP contribution in [0.15, 0.2) is 34.3 Å². The van der Waals surface area contributed by atoms with Gasteiger partial charge in [0.2, 0.25) is 5.91 Å². The SMILES string of the molecule is CN(C(=O)CSc1nncn1Cc1ccco1)C1(C#N)CCCCC1. The van der Waals surface area contributed by atoms with Crippen LogP contribution in [0.3, 0.4) is 0 Å². The number of nitrogens with zero attached hydrogens (tertiary/aromatic N) is 5. The minimum absolute atomic E-state index is 0.0546. The molecule has 8 heteroatoms. The fourth-order valence-electron chi connectivity index (χ4n) is 3.16. The third-order valence-electron chi connectivity index (χ3n) is 4.72. The number of amides is 1. The lowest BCUT2D eigenvalue weighted by Gasteiger charge is -2.39. The molecule has 2 aromatic rings. The Hall–Kier alpha value is -2.27. The van der Waals surface area contributed by atoms with Gasteiger partial charge in [-0.2, -0.15) is 5.26 Å². The summed E-state index contributed by atoms with van der Waals surface area (Å²) < 4.78 is 7.18. The van der Waals surface area contributed by atoms with Gasteiger partial charge in [0.05, 0.1) is 24.6 Å². The van der Waals surface area contributed by atoms with Gasteiger partial charge in [-0.3, -0.25) is 4.79 Å². The number of thioether (sulfide) groups is 1. The summed E-state index contributed by atoms with van der Waals surface area (Å²) in [6.45, 7) is 0.522. The van der Waals surface area contributed by atoms with Crippen LogP contribution in [0.4, 0.5) is 0 Å². The van der Waals surface area contributed by atoms with Crippen LogP contribution in [0, 0.1) is 11.3 Å². The van der Waals surface area contributed by atoms with E-state index in [4.69, 9.17) is 4.42 Å². The predicted octanol–water partition coefficient (Wildman–Crippen LogP) is 2.70. The first kappa shape index (κ1) is 17.5. The lowest BCUT2D eigenvalue weighted by molar-refractivity contribution is -0.131. The molecule has 0 atom stereocenters. The molecule has 0 aliphatic heterocycles. The molecule has 7 nitrogen and oxygen atoms in total. The molecule has 1 amide bonds. The number of aromatic nitrogens is 3. The highest BCUT2D eigenvalue weighted by Gasteiger charge is 2.38. The van der Waals surface area contributed by atoms with Crippen molar-refractivity contribution in [1.29, 1.82) is 5.26 Å². The molecule has 1 aliphatic carbocycles. The number of nitriles is 1. The molecule has 0 aromatic carbocycles. The van der Waals surface area contributed by atoms with E-state index < -0.39 is 5.54 Å². The van der Waals surface area contributed by atoms with Crippen LogP contribution in [-0.2, 0) is 11.3 Å². The Morgan fingerprint density at radius 2 is 2.28 bits per heavy atom. The molecule has 1 saturated carbocycles. The fourth-order valence-corrected chi connectivity index (χ4v) is 3.98. The smallest absolute Gasteiger partial charge is 0.234 e. The van der Waals surface area contributed by atoms with Crippen LogP contribution in [-0.4, -0.2) is 43.9 Å². The summed E-state index contributed by atoms with van der Waals surface area (Å²) in [5.41, 5.74) is -0.655. The molecule has 0 bridgehead atoms. The molecule has 1 fully saturated rings. The van der Waals surface area contributed by atoms with Crippen LogP contribution in [0.25, 0.3) is 0 Å². The summed E-state index contributed by atoms with van der Waals surface area (Å²) in [5.74, 6) is 0.980. The summed E-state index contributed by atoms with van der Waals surface area (Å²) in [6.07, 6.45) is 7.88. The molecule has 2 heterocycles. The zero-order valence-corrected chi connectivity index (χ0v) is 15.0. The van der Waals surface area contributed by atoms with E-state index in [0.29, 0.717) is 11.7 Å². The number of rotatable bonds is 6. The third kappa shape index (κ3) is 3.87. The molecule has 0 unspecified atom stereocenters. The quantitative estimate of drug-likeness (QED) is 0.737. The van der Waals surface area contributed by atoms with Gasteiger partial charge in [-0.1, -0.05) is 31.0 Å². The minimum atomic E-state index is -0.655. The van der Waals surface area contributed by atoms with Crippen molar-refractivity contribution in [3.05, 3.63) is 30.5 Å². The second-order valence-electron chi connectivity index (χ2n) is 6.27. The zero-order chi connectivity index (χ0) is 17.7. The van der Waals surface area contributed by atoms with Gasteiger partial charge in [-0.25, -0.2) is 0 Å². The number of hydrogen-bond acceptors (Lipinski definition) is 6. The zero-order valence-electron chi connectivity index (χ0n) is 14.2. The van der Waals surface area contributed by atoms with Crippen molar-refractivity contribution in [2.24, 2.45) is 0 Å². The van der Waals surface area contributed by atoms with Gasteiger partial charge < -0.3 is 13.9 Å². The Morgan fingerprint density at radius 1 is 1.48 bits per heavy atom. The standard InChI is InChI=1S/C17H21N5O2S/c1-21(17(12-18)7-3-2-4-8-17)15(23)11-25-16-20-19-13-22(16)10-14-6-5-9-24-14/h5-6,9,13H,2-4,7-8,10-11H2,1H3. The van der Waals surface area contributed by atoms with E-state index in [-0.39, 0.29) is 11.7 Å². The van der Waals surface area contributed by atoms with Crippen molar-refractivity contribution in [3.63, 3.8) is 0 Å². The first-order chi connectivity index (χ1) is 12.1. The van der Waals surface area contributed by atoms with E-state index in [0.717, 1.165) is 37.9 Å². The molecule has 132 valence electrons. The normalized spacial score (nSPS) is 16.3. The van der Waals surface area contributed by atoms with Gasteiger partial charge >= 0.3 is 0 Å². The number of carbonyl (C=O) groups excluding carboxylic acids is 1. The summed E-state index contributed by atoms with van der Waals surface area (Å²) in [6, 6.07) is 6.09. The second-order valence-corrected chi connectivity index (χ2v) is 7.21. The third-order valence-corrected chi connectivity index (χ3v) is 5.68. The van der Waals surface area contributed by atoms with Crippen LogP contribution in [0.2, 0.25) is 0 Å². The van der Waals surface area contributed by atoms with Gasteiger partial charge in [0, 0.05) is 7.05 Å². The summed E-state index contributed by atoms with van der Waals surface area (Å²) in [4.78, 5) is 14.2. The van der Waals surface area contributed by atoms with Gasteiger partial charge in [0.1, 0.15) is 17.6 Å². The van der Waals surface area contributed by atoms with E-state index in [1.807, 2.05) is 16.7 Å². The second kappa shape index (κ2) is 7.74. The van der Waals surface area contributed by atoms with Gasteiger partial charge in [-0.15, -0.1) is 10.2 Å². The van der Waals surface area contributed by atoms with E-state index >= 15 is 0 Å². The van der Waals surface area contributed by atoms with Crippen molar-refractivity contribution in [2.75, 3.05) is 12.8 Å². The van der Waals surface area contributed by atoms with Crippen LogP contribution < -0.4 is 0 Å². The number of carbonyl (C=O) groups is 1. The predicted molar refractivity (Wildman–Crippen MR) is 92.8 cm³/mol. The van der Waals surface area contributed by atoms with Gasteiger partial charge in [-0.05, 0) is 25.0 Å². The van der Waals surface area contributed by atoms with Crippen molar-refractivity contribution in [2.45, 2.75) is 49.3 Å². The number of hydrogen-bond donors (Lipinski definition) is 0. The first-order valence-electron chi connectivity index (χ1n) is 8.35. The first-order valence-corrected chi connectivity index (χ1v) is 9.34. The van der Waals surface area contributed by atoms with Crippen molar-refractivity contribution >= 4 is 17.7 Å². The maximum absolute atomic E-state index is 12.6. The van der Waals surface area contributed by atoms with Gasteiger partial charge in [0.15, 0.2) is 5.16 Å². The van der Waals surface area contributed by atoms with Crippen molar-refractivity contribution < 1.29 is 9.21 Å². The topological polar surface area (TPSA) is 87.9 Å². The molecule has 0 N–H and O–H groups in total. The maximum Gasteiger partial charge on any atom is 0.234 e. The van der Waals surface area contributed by atoms with E-state index in [2.05, 4.69) is 16.3 Å². The van der Waals surface area contributed by atoms with E-state index in [1.165, 1.54) is 11.8 Å². The fraction of sp³-hybridized carbons (Fsp3) is 0.529. The Bertz CT molecular complexity index is 743. The highest BCUT2D eigenvalue weighted by atomic mass is 32.2. The molecule has 0 spiro atoms. The maximum atomic E-state index is 12.6. The molecular formula is C17H21N5O2S. The number of furan rings is 1. The van der Waals surface area contributed by atoms with E-state index in [9.17, 15) is 10.1 Å². The molecular weight excluding hydrogens is 338 g/mol. The largest absolute Gasteiger partial charge is 0.467 e. The molecule has 2 aromatic heterocycles. The lowest BCUT2D eigenvalue weighted by Crippen LogP contribution is -2.50. The average Bonchev–Trinajstić information content (AvgIpc) is 3.32. The monoisotopic (exact) mass is 359 g/mol. The molecule has 1 aliphatic rings. The lowest BCUT2D eigenvalue weighted by atomic mass is 9.81. The molecule has 3 rings (SSSR count). The summed E-state index contributed by atoms with van der Waals surface area (Å²) in [7, 11) is 1.74.